The third kappa shape index (κ3) is 5.20. The summed E-state index contributed by atoms with van der Waals surface area (Å²) in [4.78, 5) is 14.2. The third-order valence-electron chi connectivity index (χ3n) is 3.85. The van der Waals surface area contributed by atoms with Gasteiger partial charge in [-0.2, -0.15) is 5.26 Å². The summed E-state index contributed by atoms with van der Waals surface area (Å²) < 4.78 is 0. The summed E-state index contributed by atoms with van der Waals surface area (Å²) in [6.07, 6.45) is 0. The average Bonchev–Trinajstić information content (AvgIpc) is 2.47. The van der Waals surface area contributed by atoms with Gasteiger partial charge in [0.15, 0.2) is 0 Å². The molecule has 0 bridgehead atoms. The van der Waals surface area contributed by atoms with Crippen molar-refractivity contribution in [3.63, 3.8) is 0 Å². The van der Waals surface area contributed by atoms with Crippen LogP contribution in [0.3, 0.4) is 0 Å². The van der Waals surface area contributed by atoms with E-state index in [1.807, 2.05) is 51.1 Å². The van der Waals surface area contributed by atoms with Gasteiger partial charge < -0.3 is 5.32 Å². The number of hydrogen-bond donors (Lipinski definition) is 1. The average molecular weight is 287 g/mol. The second-order valence-electron chi connectivity index (χ2n) is 5.81. The van der Waals surface area contributed by atoms with E-state index in [9.17, 15) is 10.1 Å². The Kier molecular flexibility index (Phi) is 6.39. The molecular formula is C17H25N3O. The number of nitriles is 1. The molecule has 1 aromatic carbocycles. The van der Waals surface area contributed by atoms with Crippen molar-refractivity contribution in [2.24, 2.45) is 5.92 Å². The van der Waals surface area contributed by atoms with E-state index < -0.39 is 5.54 Å². The smallest absolute Gasteiger partial charge is 0.235 e. The molecule has 0 aromatic heterocycles. The van der Waals surface area contributed by atoms with Crippen LogP contribution in [0.2, 0.25) is 0 Å². The summed E-state index contributed by atoms with van der Waals surface area (Å²) in [5, 5.41) is 12.1. The van der Waals surface area contributed by atoms with Crippen molar-refractivity contribution < 1.29 is 4.79 Å². The SMILES string of the molecule is CCN(CC(=O)N[C@@](C)(C#N)C(C)C)Cc1ccccc1. The largest absolute Gasteiger partial charge is 0.337 e. The number of carbonyl (C=O) groups is 1. The van der Waals surface area contributed by atoms with Crippen molar-refractivity contribution in [3.05, 3.63) is 35.9 Å². The number of rotatable bonds is 7. The summed E-state index contributed by atoms with van der Waals surface area (Å²) in [5.41, 5.74) is 0.363. The van der Waals surface area contributed by atoms with Crippen LogP contribution < -0.4 is 5.32 Å². The Bertz CT molecular complexity index is 493. The molecule has 4 nitrogen and oxygen atoms in total. The van der Waals surface area contributed by atoms with E-state index in [-0.39, 0.29) is 11.8 Å². The number of nitrogens with one attached hydrogen (secondary N) is 1. The minimum Gasteiger partial charge on any atom is -0.337 e. The highest BCUT2D eigenvalue weighted by atomic mass is 16.2. The van der Waals surface area contributed by atoms with Crippen LogP contribution in [-0.4, -0.2) is 29.4 Å². The van der Waals surface area contributed by atoms with Crippen molar-refractivity contribution >= 4 is 5.91 Å². The van der Waals surface area contributed by atoms with Crippen LogP contribution in [0.15, 0.2) is 30.3 Å². The Balaban J connectivity index is 2.61. The lowest BCUT2D eigenvalue weighted by atomic mass is 9.90. The lowest BCUT2D eigenvalue weighted by molar-refractivity contribution is -0.124. The molecule has 114 valence electrons. The van der Waals surface area contributed by atoms with Crippen LogP contribution in [0.4, 0.5) is 0 Å². The highest BCUT2D eigenvalue weighted by Crippen LogP contribution is 2.15. The molecule has 1 rings (SSSR count). The molecule has 1 aromatic rings. The van der Waals surface area contributed by atoms with Gasteiger partial charge in [-0.05, 0) is 24.9 Å². The zero-order valence-electron chi connectivity index (χ0n) is 13.4. The van der Waals surface area contributed by atoms with Gasteiger partial charge in [-0.15, -0.1) is 0 Å². The first-order chi connectivity index (χ1) is 9.91. The van der Waals surface area contributed by atoms with Crippen LogP contribution >= 0.6 is 0 Å². The van der Waals surface area contributed by atoms with Crippen LogP contribution in [0.25, 0.3) is 0 Å². The second-order valence-corrected chi connectivity index (χ2v) is 5.81. The van der Waals surface area contributed by atoms with Crippen molar-refractivity contribution in [2.75, 3.05) is 13.1 Å². The first-order valence-electron chi connectivity index (χ1n) is 7.39. The molecular weight excluding hydrogens is 262 g/mol. The number of likely N-dealkylation sites (N-methyl/N-ethyl adjacent to an activating group) is 1. The van der Waals surface area contributed by atoms with Crippen molar-refractivity contribution in [2.45, 2.75) is 39.8 Å². The van der Waals surface area contributed by atoms with Gasteiger partial charge in [0.05, 0.1) is 12.6 Å². The van der Waals surface area contributed by atoms with E-state index >= 15 is 0 Å². The van der Waals surface area contributed by atoms with Gasteiger partial charge in [0, 0.05) is 6.54 Å². The molecule has 0 heterocycles. The predicted octanol–water partition coefficient (Wildman–Crippen LogP) is 2.56. The normalized spacial score (nSPS) is 13.8. The fourth-order valence-electron chi connectivity index (χ4n) is 1.95. The highest BCUT2D eigenvalue weighted by molar-refractivity contribution is 5.79. The van der Waals surface area contributed by atoms with Gasteiger partial charge in [0.1, 0.15) is 5.54 Å². The predicted molar refractivity (Wildman–Crippen MR) is 84.4 cm³/mol. The molecule has 0 saturated carbocycles. The maximum atomic E-state index is 12.2. The summed E-state index contributed by atoms with van der Waals surface area (Å²) in [6, 6.07) is 12.3. The van der Waals surface area contributed by atoms with E-state index in [1.54, 1.807) is 6.92 Å². The Hall–Kier alpha value is -1.86. The van der Waals surface area contributed by atoms with E-state index in [1.165, 1.54) is 5.56 Å². The fraction of sp³-hybridized carbons (Fsp3) is 0.529. The Morgan fingerprint density at radius 3 is 2.48 bits per heavy atom. The number of hydrogen-bond acceptors (Lipinski definition) is 3. The summed E-state index contributed by atoms with van der Waals surface area (Å²) in [6.45, 7) is 9.49. The van der Waals surface area contributed by atoms with Crippen LogP contribution in [0.5, 0.6) is 0 Å². The van der Waals surface area contributed by atoms with Gasteiger partial charge in [0.25, 0.3) is 0 Å². The molecule has 1 N–H and O–H groups in total. The van der Waals surface area contributed by atoms with Gasteiger partial charge in [-0.25, -0.2) is 0 Å². The lowest BCUT2D eigenvalue weighted by Gasteiger charge is -2.29. The highest BCUT2D eigenvalue weighted by Gasteiger charge is 2.30. The molecule has 0 aliphatic rings. The van der Waals surface area contributed by atoms with E-state index in [0.29, 0.717) is 6.54 Å². The molecule has 21 heavy (non-hydrogen) atoms. The van der Waals surface area contributed by atoms with Crippen LogP contribution in [0, 0.1) is 17.2 Å². The number of nitrogens with zero attached hydrogens (tertiary/aromatic N) is 2. The first kappa shape index (κ1) is 17.2. The van der Waals surface area contributed by atoms with Crippen molar-refractivity contribution in [1.29, 1.82) is 5.26 Å². The Labute approximate surface area is 127 Å². The number of benzene rings is 1. The van der Waals surface area contributed by atoms with Gasteiger partial charge >= 0.3 is 0 Å². The number of carbonyl (C=O) groups excluding carboxylic acids is 1. The molecule has 0 aliphatic heterocycles. The zero-order chi connectivity index (χ0) is 15.9. The molecule has 1 atom stereocenters. The maximum Gasteiger partial charge on any atom is 0.235 e. The molecule has 4 heteroatoms. The molecule has 0 unspecified atom stereocenters. The van der Waals surface area contributed by atoms with E-state index in [4.69, 9.17) is 0 Å². The topological polar surface area (TPSA) is 56.1 Å². The summed E-state index contributed by atoms with van der Waals surface area (Å²) >= 11 is 0. The number of amides is 1. The van der Waals surface area contributed by atoms with E-state index in [2.05, 4.69) is 16.3 Å². The van der Waals surface area contributed by atoms with Crippen molar-refractivity contribution in [3.8, 4) is 6.07 Å². The fourth-order valence-corrected chi connectivity index (χ4v) is 1.95. The maximum absolute atomic E-state index is 12.2. The molecule has 0 aliphatic carbocycles. The third-order valence-corrected chi connectivity index (χ3v) is 3.85. The quantitative estimate of drug-likeness (QED) is 0.838. The van der Waals surface area contributed by atoms with Crippen LogP contribution in [-0.2, 0) is 11.3 Å². The Morgan fingerprint density at radius 1 is 1.38 bits per heavy atom. The molecule has 0 radical (unpaired) electrons. The van der Waals surface area contributed by atoms with E-state index in [0.717, 1.165) is 13.1 Å². The van der Waals surface area contributed by atoms with Crippen LogP contribution in [0.1, 0.15) is 33.3 Å². The van der Waals surface area contributed by atoms with Crippen molar-refractivity contribution in [1.82, 2.24) is 10.2 Å². The molecule has 0 saturated heterocycles. The Morgan fingerprint density at radius 2 is 2.00 bits per heavy atom. The molecule has 0 fully saturated rings. The first-order valence-corrected chi connectivity index (χ1v) is 7.39. The summed E-state index contributed by atoms with van der Waals surface area (Å²) in [7, 11) is 0. The minimum atomic E-state index is -0.816. The van der Waals surface area contributed by atoms with Gasteiger partial charge in [-0.3, -0.25) is 9.69 Å². The standard InChI is InChI=1S/C17H25N3O/c1-5-20(11-15-9-7-6-8-10-15)12-16(21)19-17(4,13-18)14(2)3/h6-10,14H,5,11-12H2,1-4H3,(H,19,21)/t17-/m0/s1. The lowest BCUT2D eigenvalue weighted by Crippen LogP contribution is -2.51. The summed E-state index contributed by atoms with van der Waals surface area (Å²) in [5.74, 6) is -0.0406. The zero-order valence-corrected chi connectivity index (χ0v) is 13.4. The van der Waals surface area contributed by atoms with Gasteiger partial charge in [-0.1, -0.05) is 51.1 Å². The monoisotopic (exact) mass is 287 g/mol. The van der Waals surface area contributed by atoms with Gasteiger partial charge in [0.2, 0.25) is 5.91 Å². The minimum absolute atomic E-state index is 0.0654. The molecule has 1 amide bonds. The second kappa shape index (κ2) is 7.80. The molecule has 0 spiro atoms.